The van der Waals surface area contributed by atoms with Crippen LogP contribution in [0.2, 0.25) is 0 Å². The lowest BCUT2D eigenvalue weighted by molar-refractivity contribution is -0.0165. The van der Waals surface area contributed by atoms with Crippen LogP contribution in [-0.2, 0) is 18.9 Å². The Hall–Kier alpha value is -0.240. The first-order chi connectivity index (χ1) is 9.83. The second-order valence-corrected chi connectivity index (χ2v) is 4.99. The van der Waals surface area contributed by atoms with Crippen molar-refractivity contribution < 1.29 is 24.1 Å². The fourth-order valence-corrected chi connectivity index (χ4v) is 1.98. The van der Waals surface area contributed by atoms with E-state index < -0.39 is 6.10 Å². The molecule has 1 heterocycles. The minimum absolute atomic E-state index is 0.222. The molecule has 1 aliphatic heterocycles. The van der Waals surface area contributed by atoms with Crippen LogP contribution in [0.5, 0.6) is 0 Å². The van der Waals surface area contributed by atoms with Crippen LogP contribution in [0.25, 0.3) is 0 Å². The lowest BCUT2D eigenvalue weighted by Gasteiger charge is -2.14. The van der Waals surface area contributed by atoms with E-state index in [1.165, 1.54) is 0 Å². The zero-order valence-electron chi connectivity index (χ0n) is 12.5. The van der Waals surface area contributed by atoms with E-state index >= 15 is 0 Å². The first-order valence-corrected chi connectivity index (χ1v) is 7.47. The summed E-state index contributed by atoms with van der Waals surface area (Å²) in [4.78, 5) is 0. The van der Waals surface area contributed by atoms with Crippen LogP contribution in [0.15, 0.2) is 0 Å². The standard InChI is InChI=1S/C14H29NO5/c1-17-8-9-18-6-3-5-15-10-13(16)11-19-12-14-4-2-7-20-14/h13-16H,2-12H2,1H3. The van der Waals surface area contributed by atoms with Gasteiger partial charge in [-0.1, -0.05) is 0 Å². The van der Waals surface area contributed by atoms with Crippen molar-refractivity contribution in [2.45, 2.75) is 31.5 Å². The Balaban J connectivity index is 1.79. The Morgan fingerprint density at radius 3 is 2.95 bits per heavy atom. The van der Waals surface area contributed by atoms with Gasteiger partial charge in [0.2, 0.25) is 0 Å². The SMILES string of the molecule is COCCOCCCNCC(O)COCC1CCCO1. The molecule has 0 amide bonds. The predicted octanol–water partition coefficient (Wildman–Crippen LogP) is 0.186. The summed E-state index contributed by atoms with van der Waals surface area (Å²) in [5.74, 6) is 0. The summed E-state index contributed by atoms with van der Waals surface area (Å²) in [6.45, 7) is 5.14. The Morgan fingerprint density at radius 1 is 1.30 bits per heavy atom. The molecule has 0 aliphatic carbocycles. The van der Waals surface area contributed by atoms with Crippen LogP contribution >= 0.6 is 0 Å². The van der Waals surface area contributed by atoms with E-state index in [0.29, 0.717) is 39.6 Å². The Morgan fingerprint density at radius 2 is 2.20 bits per heavy atom. The highest BCUT2D eigenvalue weighted by molar-refractivity contribution is 4.64. The average Bonchev–Trinajstić information content (AvgIpc) is 2.95. The molecule has 20 heavy (non-hydrogen) atoms. The Bertz CT molecular complexity index is 212. The van der Waals surface area contributed by atoms with E-state index in [1.54, 1.807) is 7.11 Å². The van der Waals surface area contributed by atoms with Crippen LogP contribution in [0.4, 0.5) is 0 Å². The molecule has 0 radical (unpaired) electrons. The van der Waals surface area contributed by atoms with E-state index in [1.807, 2.05) is 0 Å². The molecule has 6 nitrogen and oxygen atoms in total. The zero-order valence-corrected chi connectivity index (χ0v) is 12.5. The molecule has 6 heteroatoms. The third kappa shape index (κ3) is 9.63. The highest BCUT2D eigenvalue weighted by Gasteiger charge is 2.15. The normalized spacial score (nSPS) is 20.4. The van der Waals surface area contributed by atoms with Gasteiger partial charge >= 0.3 is 0 Å². The van der Waals surface area contributed by atoms with E-state index in [9.17, 15) is 5.11 Å². The number of ether oxygens (including phenoxy) is 4. The summed E-state index contributed by atoms with van der Waals surface area (Å²) in [6, 6.07) is 0. The summed E-state index contributed by atoms with van der Waals surface area (Å²) in [5.41, 5.74) is 0. The number of aliphatic hydroxyl groups is 1. The van der Waals surface area contributed by atoms with E-state index in [4.69, 9.17) is 18.9 Å². The van der Waals surface area contributed by atoms with Crippen molar-refractivity contribution >= 4 is 0 Å². The maximum atomic E-state index is 9.72. The molecule has 1 rings (SSSR count). The molecule has 0 aromatic heterocycles. The molecule has 120 valence electrons. The lowest BCUT2D eigenvalue weighted by Crippen LogP contribution is -2.32. The number of aliphatic hydroxyl groups excluding tert-OH is 1. The second kappa shape index (κ2) is 12.5. The molecule has 1 saturated heterocycles. The van der Waals surface area contributed by atoms with Gasteiger partial charge < -0.3 is 29.4 Å². The monoisotopic (exact) mass is 291 g/mol. The number of hydrogen-bond acceptors (Lipinski definition) is 6. The Kier molecular flexibility index (Phi) is 11.1. The third-order valence-electron chi connectivity index (χ3n) is 3.09. The molecule has 0 saturated carbocycles. The summed E-state index contributed by atoms with van der Waals surface area (Å²) in [7, 11) is 1.66. The van der Waals surface area contributed by atoms with Gasteiger partial charge in [-0.15, -0.1) is 0 Å². The first-order valence-electron chi connectivity index (χ1n) is 7.47. The summed E-state index contributed by atoms with van der Waals surface area (Å²) < 4.78 is 21.1. The quantitative estimate of drug-likeness (QED) is 0.472. The minimum Gasteiger partial charge on any atom is -0.389 e. The summed E-state index contributed by atoms with van der Waals surface area (Å²) >= 11 is 0. The van der Waals surface area contributed by atoms with Crippen molar-refractivity contribution in [3.05, 3.63) is 0 Å². The van der Waals surface area contributed by atoms with Crippen LogP contribution in [-0.4, -0.2) is 77.2 Å². The van der Waals surface area contributed by atoms with Crippen molar-refractivity contribution in [3.8, 4) is 0 Å². The maximum absolute atomic E-state index is 9.72. The van der Waals surface area contributed by atoms with Gasteiger partial charge in [-0.2, -0.15) is 0 Å². The number of hydrogen-bond donors (Lipinski definition) is 2. The van der Waals surface area contributed by atoms with Gasteiger partial charge in [0.25, 0.3) is 0 Å². The predicted molar refractivity (Wildman–Crippen MR) is 76.0 cm³/mol. The van der Waals surface area contributed by atoms with Gasteiger partial charge in [-0.25, -0.2) is 0 Å². The highest BCUT2D eigenvalue weighted by Crippen LogP contribution is 2.11. The maximum Gasteiger partial charge on any atom is 0.0897 e. The second-order valence-electron chi connectivity index (χ2n) is 4.99. The van der Waals surface area contributed by atoms with Gasteiger partial charge in [-0.05, 0) is 25.8 Å². The third-order valence-corrected chi connectivity index (χ3v) is 3.09. The minimum atomic E-state index is -0.467. The summed E-state index contributed by atoms with van der Waals surface area (Å²) in [5, 5.41) is 12.9. The van der Waals surface area contributed by atoms with Crippen molar-refractivity contribution in [1.82, 2.24) is 5.32 Å². The number of nitrogens with one attached hydrogen (secondary N) is 1. The van der Waals surface area contributed by atoms with Crippen LogP contribution in [0.3, 0.4) is 0 Å². The lowest BCUT2D eigenvalue weighted by atomic mass is 10.2. The van der Waals surface area contributed by atoms with Gasteiger partial charge in [0, 0.05) is 26.9 Å². The largest absolute Gasteiger partial charge is 0.389 e. The summed E-state index contributed by atoms with van der Waals surface area (Å²) in [6.07, 6.45) is 2.86. The molecule has 0 spiro atoms. The molecule has 2 N–H and O–H groups in total. The Labute approximate surface area is 121 Å². The van der Waals surface area contributed by atoms with Crippen molar-refractivity contribution in [2.75, 3.05) is 59.8 Å². The molecular weight excluding hydrogens is 262 g/mol. The smallest absolute Gasteiger partial charge is 0.0897 e. The average molecular weight is 291 g/mol. The van der Waals surface area contributed by atoms with Gasteiger partial charge in [-0.3, -0.25) is 0 Å². The molecule has 1 aliphatic rings. The molecule has 0 aromatic rings. The number of methoxy groups -OCH3 is 1. The highest BCUT2D eigenvalue weighted by atomic mass is 16.5. The van der Waals surface area contributed by atoms with Gasteiger partial charge in [0.1, 0.15) is 0 Å². The molecule has 1 fully saturated rings. The van der Waals surface area contributed by atoms with Crippen LogP contribution in [0.1, 0.15) is 19.3 Å². The van der Waals surface area contributed by atoms with E-state index in [2.05, 4.69) is 5.32 Å². The van der Waals surface area contributed by atoms with Crippen molar-refractivity contribution in [1.29, 1.82) is 0 Å². The molecular formula is C14H29NO5. The fourth-order valence-electron chi connectivity index (χ4n) is 1.98. The molecule has 2 unspecified atom stereocenters. The molecule has 0 aromatic carbocycles. The fraction of sp³-hybridized carbons (Fsp3) is 1.00. The van der Waals surface area contributed by atoms with E-state index in [-0.39, 0.29) is 6.10 Å². The topological polar surface area (TPSA) is 69.2 Å². The van der Waals surface area contributed by atoms with Crippen molar-refractivity contribution in [3.63, 3.8) is 0 Å². The van der Waals surface area contributed by atoms with Crippen molar-refractivity contribution in [2.24, 2.45) is 0 Å². The van der Waals surface area contributed by atoms with Crippen LogP contribution < -0.4 is 5.32 Å². The first kappa shape index (κ1) is 17.8. The zero-order chi connectivity index (χ0) is 14.5. The van der Waals surface area contributed by atoms with Crippen LogP contribution in [0, 0.1) is 0 Å². The van der Waals surface area contributed by atoms with Gasteiger partial charge in [0.05, 0.1) is 38.6 Å². The van der Waals surface area contributed by atoms with E-state index in [0.717, 1.165) is 32.4 Å². The molecule has 0 bridgehead atoms. The van der Waals surface area contributed by atoms with Gasteiger partial charge in [0.15, 0.2) is 0 Å². The number of rotatable bonds is 13. The molecule has 2 atom stereocenters.